The fourth-order valence-corrected chi connectivity index (χ4v) is 13.7. The molecule has 14 atom stereocenters. The van der Waals surface area contributed by atoms with Gasteiger partial charge in [0, 0.05) is 90.8 Å². The Morgan fingerprint density at radius 2 is 1.20 bits per heavy atom. The van der Waals surface area contributed by atoms with Crippen molar-refractivity contribution in [1.82, 2.24) is 20.3 Å². The normalized spacial score (nSPS) is 22.7. The molecular formula is C76H102N20O20S2. The van der Waals surface area contributed by atoms with Crippen LogP contribution in [0.5, 0.6) is 0 Å². The molecule has 0 bridgehead atoms. The maximum atomic E-state index is 13.6. The van der Waals surface area contributed by atoms with Crippen LogP contribution >= 0.6 is 21.6 Å². The fourth-order valence-electron chi connectivity index (χ4n) is 11.4. The number of nitrogens with zero attached hydrogens (tertiary/aromatic N) is 14. The quantitative estimate of drug-likeness (QED) is 0.00768. The molecule has 1 aliphatic rings. The Balaban J connectivity index is 1.66. The lowest BCUT2D eigenvalue weighted by molar-refractivity contribution is -0.141. The van der Waals surface area contributed by atoms with E-state index in [9.17, 15) is 101 Å². The van der Waals surface area contributed by atoms with E-state index in [0.717, 1.165) is 28.5 Å². The number of aliphatic carboxylic acids is 2. The van der Waals surface area contributed by atoms with E-state index in [1.54, 1.807) is 88.5 Å². The van der Waals surface area contributed by atoms with E-state index in [0.29, 0.717) is 39.7 Å². The average molecular weight is 1680 g/mol. The number of aliphatic hydroxyl groups excluding tert-OH is 15. The van der Waals surface area contributed by atoms with Gasteiger partial charge in [0.25, 0.3) is 0 Å². The van der Waals surface area contributed by atoms with Crippen LogP contribution in [0.4, 0.5) is 0 Å². The SMILES string of the molecule is CCC(C)C(N=C(C)O)C(O)=NC1CSSCC(C(O)=NC(C(=O)O)C(C)O)N=C(O)C(CCCNC(=N)N)N=C(O)C(Cc2cnc[nH]2)N=C(O)C(C)N=C(O)CN=C(O)C(Cc2c[nH]c3ccccc23)N=C(O)C(CC(=O)O)N=C(O)C(CCC(=N)O)N=C(O)C(Cc2ccc(C(=O)c3ccccc3)cc2)N=C(O)C(C(C)C)N=C1O. The Morgan fingerprint density at radius 1 is 0.627 bits per heavy atom. The van der Waals surface area contributed by atoms with E-state index >= 15 is 0 Å². The second-order valence-electron chi connectivity index (χ2n) is 27.7. The van der Waals surface area contributed by atoms with Crippen LogP contribution in [-0.4, -0.2) is 311 Å². The maximum Gasteiger partial charge on any atom is 0.331 e. The van der Waals surface area contributed by atoms with Gasteiger partial charge >= 0.3 is 11.9 Å². The molecule has 42 heteroatoms. The minimum atomic E-state index is -2.07. The molecule has 5 aromatic rings. The second kappa shape index (κ2) is 46.3. The van der Waals surface area contributed by atoms with Gasteiger partial charge in [0.15, 0.2) is 29.6 Å². The zero-order valence-electron chi connectivity index (χ0n) is 65.6. The Labute approximate surface area is 685 Å². The summed E-state index contributed by atoms with van der Waals surface area (Å²) in [6, 6.07) is 0.763. The minimum Gasteiger partial charge on any atom is -0.497 e. The Kier molecular flexibility index (Phi) is 37.0. The zero-order chi connectivity index (χ0) is 87.0. The number of nitrogens with one attached hydrogen (secondary N) is 5. The van der Waals surface area contributed by atoms with Crippen LogP contribution in [0.2, 0.25) is 0 Å². The van der Waals surface area contributed by atoms with E-state index in [2.05, 4.69) is 85.2 Å². The van der Waals surface area contributed by atoms with Crippen LogP contribution in [-0.2, 0) is 28.9 Å². The number of ketones is 1. The zero-order valence-corrected chi connectivity index (χ0v) is 67.2. The van der Waals surface area contributed by atoms with Crippen LogP contribution in [0.15, 0.2) is 162 Å². The van der Waals surface area contributed by atoms with Crippen molar-refractivity contribution in [3.05, 3.63) is 126 Å². The molecule has 0 spiro atoms. The first-order valence-corrected chi connectivity index (χ1v) is 39.7. The van der Waals surface area contributed by atoms with Crippen molar-refractivity contribution in [1.29, 1.82) is 10.8 Å². The molecule has 0 saturated heterocycles. The van der Waals surface area contributed by atoms with Gasteiger partial charge in [-0.15, -0.1) is 0 Å². The van der Waals surface area contributed by atoms with Crippen molar-refractivity contribution in [3.63, 3.8) is 0 Å². The third-order valence-electron chi connectivity index (χ3n) is 18.0. The topological polar surface area (TPSA) is 686 Å². The highest BCUT2D eigenvalue weighted by Gasteiger charge is 2.34. The molecule has 0 aliphatic carbocycles. The number of imidazole rings is 1. The Hall–Kier alpha value is -12.5. The molecule has 2 aromatic heterocycles. The number of guanidine groups is 1. The largest absolute Gasteiger partial charge is 0.497 e. The Morgan fingerprint density at radius 3 is 1.81 bits per heavy atom. The van der Waals surface area contributed by atoms with Gasteiger partial charge in [-0.2, -0.15) is 0 Å². The number of carbonyl (C=O) groups is 3. The van der Waals surface area contributed by atoms with Crippen LogP contribution in [0, 0.1) is 22.7 Å². The predicted molar refractivity (Wildman–Crippen MR) is 456 cm³/mol. The van der Waals surface area contributed by atoms with Crippen LogP contribution < -0.4 is 11.1 Å². The van der Waals surface area contributed by atoms with E-state index in [1.165, 1.54) is 50.6 Å². The monoisotopic (exact) mass is 1680 g/mol. The molecule has 0 fully saturated rings. The summed E-state index contributed by atoms with van der Waals surface area (Å²) in [6.07, 6.45) is -0.767. The summed E-state index contributed by atoms with van der Waals surface area (Å²) in [5.41, 5.74) is 7.84. The Bertz CT molecular complexity index is 4640. The molecule has 6 rings (SSSR count). The number of hydrogen-bond donors (Lipinski definition) is 23. The highest BCUT2D eigenvalue weighted by molar-refractivity contribution is 8.76. The lowest BCUT2D eigenvalue weighted by Crippen LogP contribution is -2.35. The van der Waals surface area contributed by atoms with Gasteiger partial charge in [0.2, 0.25) is 70.8 Å². The number of nitrogens with two attached hydrogens (primary N) is 1. The number of aromatic amines is 2. The van der Waals surface area contributed by atoms with Crippen molar-refractivity contribution in [2.75, 3.05) is 24.6 Å². The maximum absolute atomic E-state index is 13.6. The molecule has 0 saturated carbocycles. The molecule has 3 heterocycles. The molecule has 118 heavy (non-hydrogen) atoms. The number of aromatic nitrogens is 3. The van der Waals surface area contributed by atoms with Gasteiger partial charge in [-0.05, 0) is 62.1 Å². The first-order valence-electron chi connectivity index (χ1n) is 37.2. The van der Waals surface area contributed by atoms with Gasteiger partial charge in [-0.25, -0.2) is 74.7 Å². The first-order chi connectivity index (χ1) is 55.9. The summed E-state index contributed by atoms with van der Waals surface area (Å²) < 4.78 is 0. The third kappa shape index (κ3) is 30.0. The molecule has 24 N–H and O–H groups in total. The summed E-state index contributed by atoms with van der Waals surface area (Å²) in [5.74, 6) is -19.2. The average Bonchev–Trinajstić information content (AvgIpc) is 1.63. The number of aliphatic hydroxyl groups is 15. The highest BCUT2D eigenvalue weighted by atomic mass is 33.1. The molecule has 14 unspecified atom stereocenters. The van der Waals surface area contributed by atoms with Gasteiger partial charge in [-0.1, -0.05) is 128 Å². The lowest BCUT2D eigenvalue weighted by atomic mass is 9.99. The van der Waals surface area contributed by atoms with E-state index in [4.69, 9.17) is 16.6 Å². The highest BCUT2D eigenvalue weighted by Crippen LogP contribution is 2.29. The van der Waals surface area contributed by atoms with Gasteiger partial charge in [-0.3, -0.25) is 20.4 Å². The number of aliphatic imine (C=N–C) groups is 13. The number of benzene rings is 3. The number of rotatable bonds is 27. The van der Waals surface area contributed by atoms with Crippen molar-refractivity contribution in [2.45, 2.75) is 185 Å². The summed E-state index contributed by atoms with van der Waals surface area (Å²) >= 11 is 0. The molecule has 1 aliphatic heterocycles. The first kappa shape index (κ1) is 94.4. The number of para-hydroxylation sites is 1. The summed E-state index contributed by atoms with van der Waals surface area (Å²) in [7, 11) is 1.66. The number of carboxylic acid groups (broad SMARTS) is 2. The molecule has 0 radical (unpaired) electrons. The summed E-state index contributed by atoms with van der Waals surface area (Å²) in [4.78, 5) is 104. The number of hydrogen-bond acceptors (Lipinski definition) is 22. The van der Waals surface area contributed by atoms with Gasteiger partial charge in [0.1, 0.15) is 73.0 Å². The third-order valence-corrected chi connectivity index (χ3v) is 20.4. The van der Waals surface area contributed by atoms with E-state index in [1.807, 2.05) is 0 Å². The number of carbonyl (C=O) groups excluding carboxylic acids is 1. The standard InChI is InChI=1S/C76H102N20O20S2/c1-8-38(4)61(86-41(7)98)74(114)94-56-35-118-117-34-55(72(112)96-62(40(6)97)75(115)116)93-66(106)49(19-14-26-81-76(78)79)87-69(109)53(29-46-32-80-36-84-46)89-64(104)39(5)85-58(100)33-83-65(105)52(28-45-31-82-48-18-13-12-17-47(45)48)90-70(110)54(30-59(101)102)91-67(107)50(24-25-57(77)99)88-68(108)51(92-73(113)60(37(2)3)95-71(56)111)27-42-20-22-44(23-21-42)63(103)43-15-10-9-11-16-43/h9-13,15-18,20-23,31-32,36-40,49-56,60-62,82,97H,8,14,19,24-30,33-35H2,1-7H3,(H2,77,99)(H,80,84)(H,83,105)(H,85,100)(H,86,98)(H,87,109)(H,88,108)(H,89,104)(H,90,110)(H,91,107)(H,92,113)(H,93,106)(H,94,114)(H,95,111)(H,96,112)(H,101,102)(H,115,116)(H4,78,79,81). The summed E-state index contributed by atoms with van der Waals surface area (Å²) in [5, 5.41) is 214. The number of H-pyrrole nitrogens is 2. The molecular weight excluding hydrogens is 1580 g/mol. The van der Waals surface area contributed by atoms with Crippen molar-refractivity contribution < 1.29 is 101 Å². The van der Waals surface area contributed by atoms with Crippen LogP contribution in [0.1, 0.15) is 120 Å². The molecule has 638 valence electrons. The van der Waals surface area contributed by atoms with Crippen LogP contribution in [0.25, 0.3) is 10.9 Å². The number of fused-ring (bicyclic) bond motifs is 1. The van der Waals surface area contributed by atoms with E-state index in [-0.39, 0.29) is 43.6 Å². The van der Waals surface area contributed by atoms with E-state index < -0.39 is 235 Å². The van der Waals surface area contributed by atoms with Gasteiger partial charge < -0.3 is 108 Å². The molecule has 3 aromatic carbocycles. The second-order valence-corrected chi connectivity index (χ2v) is 30.2. The summed E-state index contributed by atoms with van der Waals surface area (Å²) in [6.45, 7) is 9.22. The van der Waals surface area contributed by atoms with Crippen molar-refractivity contribution in [3.8, 4) is 0 Å². The minimum absolute atomic E-state index is 0.0113. The van der Waals surface area contributed by atoms with Crippen molar-refractivity contribution >= 4 is 139 Å². The molecule has 40 nitrogen and oxygen atoms in total. The predicted octanol–water partition coefficient (Wildman–Crippen LogP) is 8.66. The van der Waals surface area contributed by atoms with Gasteiger partial charge in [0.05, 0.1) is 18.9 Å². The lowest BCUT2D eigenvalue weighted by Gasteiger charge is -2.22. The smallest absolute Gasteiger partial charge is 0.331 e. The van der Waals surface area contributed by atoms with Crippen molar-refractivity contribution in [2.24, 2.45) is 82.5 Å². The van der Waals surface area contributed by atoms with Crippen LogP contribution in [0.3, 0.4) is 0 Å². The molecule has 0 amide bonds. The number of carboxylic acids is 2. The fraction of sp³-hybridized carbons (Fsp3) is 0.461.